The Morgan fingerprint density at radius 3 is 1.14 bits per heavy atom. The minimum atomic E-state index is 1.18. The summed E-state index contributed by atoms with van der Waals surface area (Å²) in [5.41, 5.74) is 9.53. The van der Waals surface area contributed by atoms with E-state index in [0.717, 1.165) is 0 Å². The molecule has 0 aliphatic carbocycles. The zero-order chi connectivity index (χ0) is 29.0. The van der Waals surface area contributed by atoms with Crippen molar-refractivity contribution >= 4 is 43.4 Å². The topological polar surface area (TPSA) is 9.86 Å². The van der Waals surface area contributed by atoms with E-state index in [2.05, 4.69) is 179 Å². The molecule has 0 aliphatic heterocycles. The van der Waals surface area contributed by atoms with Crippen LogP contribution in [0, 0.1) is 0 Å². The predicted molar refractivity (Wildman–Crippen MR) is 186 cm³/mol. The number of fused-ring (bicyclic) bond motifs is 4. The Balaban J connectivity index is 1.41. The second-order valence-corrected chi connectivity index (χ2v) is 11.4. The summed E-state index contributed by atoms with van der Waals surface area (Å²) >= 11 is 0. The smallest absolute Gasteiger partial charge is 0.0542 e. The lowest BCUT2D eigenvalue weighted by Gasteiger charge is -2.15. The first-order chi connectivity index (χ1) is 21.8. The van der Waals surface area contributed by atoms with Gasteiger partial charge in [0.05, 0.1) is 33.8 Å². The maximum absolute atomic E-state index is 2.45. The highest BCUT2D eigenvalue weighted by molar-refractivity contribution is 6.05. The molecule has 9 rings (SSSR count). The van der Waals surface area contributed by atoms with Gasteiger partial charge >= 0.3 is 0 Å². The van der Waals surface area contributed by atoms with Crippen LogP contribution in [0.1, 0.15) is 0 Å². The van der Waals surface area contributed by atoms with Crippen molar-refractivity contribution in [1.82, 2.24) is 9.13 Å². The van der Waals surface area contributed by atoms with Gasteiger partial charge in [0.15, 0.2) is 0 Å². The molecule has 0 radical (unpaired) electrons. The summed E-state index contributed by atoms with van der Waals surface area (Å²) in [6, 6.07) is 61.5. The maximum Gasteiger partial charge on any atom is 0.0542 e. The second-order valence-electron chi connectivity index (χ2n) is 11.4. The summed E-state index contributed by atoms with van der Waals surface area (Å²) < 4.78 is 4.90. The molecule has 0 spiro atoms. The molecule has 0 bridgehead atoms. The standard InChI is InChI=1S/C42H28N2/c1-3-15-31(16-4-1)39-25-33-27-42-34(28-41(33)43(39)37-23-11-19-29-13-7-9-21-35(29)37)26-40(32-17-5-2-6-18-32)44(42)38-24-12-20-30-14-8-10-22-36(30)38/h1-28H. The summed E-state index contributed by atoms with van der Waals surface area (Å²) in [4.78, 5) is 0. The van der Waals surface area contributed by atoms with Gasteiger partial charge in [-0.05, 0) is 58.3 Å². The molecule has 0 saturated heterocycles. The minimum Gasteiger partial charge on any atom is -0.309 e. The van der Waals surface area contributed by atoms with Crippen LogP contribution in [-0.4, -0.2) is 9.13 Å². The number of benzene rings is 7. The van der Waals surface area contributed by atoms with E-state index in [4.69, 9.17) is 0 Å². The Morgan fingerprint density at radius 1 is 0.295 bits per heavy atom. The first-order valence-corrected chi connectivity index (χ1v) is 15.1. The van der Waals surface area contributed by atoms with Gasteiger partial charge in [-0.2, -0.15) is 0 Å². The Labute approximate surface area is 255 Å². The van der Waals surface area contributed by atoms with E-state index in [-0.39, 0.29) is 0 Å². The molecular formula is C42H28N2. The normalized spacial score (nSPS) is 11.6. The van der Waals surface area contributed by atoms with Crippen LogP contribution < -0.4 is 0 Å². The van der Waals surface area contributed by atoms with Crippen LogP contribution in [0.3, 0.4) is 0 Å². The van der Waals surface area contributed by atoms with Crippen molar-refractivity contribution in [1.29, 1.82) is 0 Å². The van der Waals surface area contributed by atoms with Crippen LogP contribution in [0.2, 0.25) is 0 Å². The van der Waals surface area contributed by atoms with Crippen molar-refractivity contribution in [2.75, 3.05) is 0 Å². The Bertz CT molecular complexity index is 2290. The lowest BCUT2D eigenvalue weighted by atomic mass is 10.1. The molecular weight excluding hydrogens is 532 g/mol. The summed E-state index contributed by atoms with van der Waals surface area (Å²) in [7, 11) is 0. The highest BCUT2D eigenvalue weighted by Crippen LogP contribution is 2.40. The lowest BCUT2D eigenvalue weighted by molar-refractivity contribution is 1.15. The van der Waals surface area contributed by atoms with Gasteiger partial charge in [-0.25, -0.2) is 0 Å². The second kappa shape index (κ2) is 9.86. The number of rotatable bonds is 4. The van der Waals surface area contributed by atoms with E-state index in [9.17, 15) is 0 Å². The van der Waals surface area contributed by atoms with Crippen molar-refractivity contribution in [3.05, 3.63) is 170 Å². The quantitative estimate of drug-likeness (QED) is 0.203. The average molecular weight is 561 g/mol. The SMILES string of the molecule is c1ccc(-c2cc3cc4c(cc(-c5ccccc5)n4-c4cccc5ccccc45)cc3n2-c2cccc3ccccc23)cc1. The lowest BCUT2D eigenvalue weighted by Crippen LogP contribution is -1.99. The molecule has 9 aromatic rings. The van der Waals surface area contributed by atoms with Crippen LogP contribution in [0.25, 0.3) is 77.2 Å². The third-order valence-electron chi connectivity index (χ3n) is 8.88. The van der Waals surface area contributed by atoms with Gasteiger partial charge < -0.3 is 9.13 Å². The molecule has 0 amide bonds. The molecule has 206 valence electrons. The Morgan fingerprint density at radius 2 is 0.682 bits per heavy atom. The molecule has 2 aromatic heterocycles. The maximum atomic E-state index is 2.45. The third-order valence-corrected chi connectivity index (χ3v) is 8.88. The third kappa shape index (κ3) is 3.82. The van der Waals surface area contributed by atoms with E-state index in [1.165, 1.54) is 77.2 Å². The number of hydrogen-bond donors (Lipinski definition) is 0. The molecule has 2 nitrogen and oxygen atoms in total. The number of hydrogen-bond acceptors (Lipinski definition) is 0. The largest absolute Gasteiger partial charge is 0.309 e. The molecule has 2 heteroatoms. The minimum absolute atomic E-state index is 1.18. The predicted octanol–water partition coefficient (Wildman–Crippen LogP) is 11.2. The molecule has 7 aromatic carbocycles. The van der Waals surface area contributed by atoms with Crippen molar-refractivity contribution in [3.8, 4) is 33.9 Å². The monoisotopic (exact) mass is 560 g/mol. The number of aromatic nitrogens is 2. The van der Waals surface area contributed by atoms with Gasteiger partial charge in [0.2, 0.25) is 0 Å². The van der Waals surface area contributed by atoms with Gasteiger partial charge in [-0.15, -0.1) is 0 Å². The summed E-state index contributed by atoms with van der Waals surface area (Å²) in [5, 5.41) is 7.37. The van der Waals surface area contributed by atoms with Gasteiger partial charge in [0.25, 0.3) is 0 Å². The Kier molecular flexibility index (Phi) is 5.54. The van der Waals surface area contributed by atoms with Crippen molar-refractivity contribution in [2.45, 2.75) is 0 Å². The van der Waals surface area contributed by atoms with E-state index in [0.29, 0.717) is 0 Å². The summed E-state index contributed by atoms with van der Waals surface area (Å²) in [6.07, 6.45) is 0. The molecule has 2 heterocycles. The van der Waals surface area contributed by atoms with E-state index in [1.807, 2.05) is 0 Å². The van der Waals surface area contributed by atoms with Crippen LogP contribution in [0.15, 0.2) is 170 Å². The summed E-state index contributed by atoms with van der Waals surface area (Å²) in [6.45, 7) is 0. The van der Waals surface area contributed by atoms with E-state index >= 15 is 0 Å². The van der Waals surface area contributed by atoms with Crippen LogP contribution >= 0.6 is 0 Å². The highest BCUT2D eigenvalue weighted by Gasteiger charge is 2.19. The molecule has 0 aliphatic rings. The highest BCUT2D eigenvalue weighted by atomic mass is 15.0. The molecule has 0 unspecified atom stereocenters. The van der Waals surface area contributed by atoms with Gasteiger partial charge in [0.1, 0.15) is 0 Å². The fourth-order valence-electron chi connectivity index (χ4n) is 6.88. The first-order valence-electron chi connectivity index (χ1n) is 15.1. The van der Waals surface area contributed by atoms with E-state index < -0.39 is 0 Å². The van der Waals surface area contributed by atoms with Gasteiger partial charge in [-0.3, -0.25) is 0 Å². The zero-order valence-corrected chi connectivity index (χ0v) is 24.1. The van der Waals surface area contributed by atoms with Crippen molar-refractivity contribution < 1.29 is 0 Å². The molecule has 0 N–H and O–H groups in total. The van der Waals surface area contributed by atoms with Crippen LogP contribution in [-0.2, 0) is 0 Å². The van der Waals surface area contributed by atoms with E-state index in [1.54, 1.807) is 0 Å². The molecule has 0 fully saturated rings. The molecule has 0 saturated carbocycles. The van der Waals surface area contributed by atoms with Crippen molar-refractivity contribution in [3.63, 3.8) is 0 Å². The fraction of sp³-hybridized carbons (Fsp3) is 0. The summed E-state index contributed by atoms with van der Waals surface area (Å²) in [5.74, 6) is 0. The average Bonchev–Trinajstić information content (AvgIpc) is 3.65. The van der Waals surface area contributed by atoms with Crippen LogP contribution in [0.4, 0.5) is 0 Å². The molecule has 0 atom stereocenters. The van der Waals surface area contributed by atoms with Gasteiger partial charge in [0, 0.05) is 21.5 Å². The van der Waals surface area contributed by atoms with Crippen molar-refractivity contribution in [2.24, 2.45) is 0 Å². The fourth-order valence-corrected chi connectivity index (χ4v) is 6.88. The first kappa shape index (κ1) is 24.7. The Hall–Kier alpha value is -5.86. The van der Waals surface area contributed by atoms with Crippen LogP contribution in [0.5, 0.6) is 0 Å². The number of nitrogens with zero attached hydrogens (tertiary/aromatic N) is 2. The van der Waals surface area contributed by atoms with Gasteiger partial charge in [-0.1, -0.05) is 133 Å². The molecule has 44 heavy (non-hydrogen) atoms. The zero-order valence-electron chi connectivity index (χ0n) is 24.1.